The average molecular weight is 201 g/mol. The Kier molecular flexibility index (Phi) is 2.37. The Morgan fingerprint density at radius 1 is 1.27 bits per heavy atom. The topological polar surface area (TPSA) is 43.1 Å². The first-order valence-electron chi connectivity index (χ1n) is 4.70. The number of aromatic nitrogens is 1. The van der Waals surface area contributed by atoms with Crippen LogP contribution in [0.5, 0.6) is 0 Å². The minimum atomic E-state index is -0.103. The molecule has 0 N–H and O–H groups in total. The van der Waals surface area contributed by atoms with Gasteiger partial charge in [0.2, 0.25) is 5.78 Å². The van der Waals surface area contributed by atoms with Crippen LogP contribution in [0.1, 0.15) is 27.5 Å². The van der Waals surface area contributed by atoms with E-state index in [4.69, 9.17) is 4.42 Å². The van der Waals surface area contributed by atoms with Crippen LogP contribution in [0.25, 0.3) is 0 Å². The van der Waals surface area contributed by atoms with E-state index in [1.807, 2.05) is 13.8 Å². The Morgan fingerprint density at radius 3 is 2.47 bits per heavy atom. The molecule has 0 aliphatic heterocycles. The van der Waals surface area contributed by atoms with E-state index in [2.05, 4.69) is 4.98 Å². The fourth-order valence-electron chi connectivity index (χ4n) is 1.52. The summed E-state index contributed by atoms with van der Waals surface area (Å²) in [5, 5.41) is 0. The van der Waals surface area contributed by atoms with Crippen LogP contribution in [0, 0.1) is 13.8 Å². The molecule has 0 saturated carbocycles. The van der Waals surface area contributed by atoms with Crippen LogP contribution >= 0.6 is 0 Å². The molecule has 2 aromatic rings. The highest BCUT2D eigenvalue weighted by Gasteiger charge is 2.12. The first-order valence-corrected chi connectivity index (χ1v) is 4.70. The average Bonchev–Trinajstić information content (AvgIpc) is 2.67. The van der Waals surface area contributed by atoms with Crippen molar-refractivity contribution in [3.8, 4) is 0 Å². The van der Waals surface area contributed by atoms with Crippen molar-refractivity contribution in [1.82, 2.24) is 4.98 Å². The largest absolute Gasteiger partial charge is 0.461 e. The molecule has 0 aromatic carbocycles. The number of nitrogens with zero attached hydrogens (tertiary/aromatic N) is 1. The Hall–Kier alpha value is -1.90. The van der Waals surface area contributed by atoms with Gasteiger partial charge in [0.05, 0.1) is 6.26 Å². The Labute approximate surface area is 87.8 Å². The highest BCUT2D eigenvalue weighted by molar-refractivity contribution is 6.07. The van der Waals surface area contributed by atoms with Crippen molar-refractivity contribution < 1.29 is 9.21 Å². The van der Waals surface area contributed by atoms with Gasteiger partial charge in [0.25, 0.3) is 0 Å². The van der Waals surface area contributed by atoms with Gasteiger partial charge in [-0.05, 0) is 38.1 Å². The number of carbonyl (C=O) groups is 1. The third-order valence-electron chi connectivity index (χ3n) is 2.09. The summed E-state index contributed by atoms with van der Waals surface area (Å²) in [6.45, 7) is 3.73. The first kappa shape index (κ1) is 9.65. The zero-order valence-corrected chi connectivity index (χ0v) is 8.65. The van der Waals surface area contributed by atoms with Crippen LogP contribution < -0.4 is 0 Å². The van der Waals surface area contributed by atoms with Crippen molar-refractivity contribution in [3.05, 3.63) is 53.2 Å². The van der Waals surface area contributed by atoms with Crippen LogP contribution in [0.15, 0.2) is 34.9 Å². The van der Waals surface area contributed by atoms with E-state index in [1.54, 1.807) is 24.3 Å². The molecule has 0 unspecified atom stereocenters. The second kappa shape index (κ2) is 3.69. The minimum Gasteiger partial charge on any atom is -0.461 e. The predicted molar refractivity (Wildman–Crippen MR) is 55.9 cm³/mol. The summed E-state index contributed by atoms with van der Waals surface area (Å²) in [5.41, 5.74) is 2.30. The van der Waals surface area contributed by atoms with Crippen molar-refractivity contribution in [2.24, 2.45) is 0 Å². The fraction of sp³-hybridized carbons (Fsp3) is 0.167. The molecule has 2 rings (SSSR count). The number of furan rings is 1. The van der Waals surface area contributed by atoms with Crippen LogP contribution in [0.3, 0.4) is 0 Å². The highest BCUT2D eigenvalue weighted by Crippen LogP contribution is 2.12. The Bertz CT molecular complexity index is 466. The number of hydrogen-bond acceptors (Lipinski definition) is 3. The zero-order valence-electron chi connectivity index (χ0n) is 8.65. The molecule has 0 fully saturated rings. The van der Waals surface area contributed by atoms with Gasteiger partial charge in [0.1, 0.15) is 0 Å². The van der Waals surface area contributed by atoms with Crippen LogP contribution in [-0.4, -0.2) is 10.8 Å². The molecule has 3 nitrogen and oxygen atoms in total. The smallest absolute Gasteiger partial charge is 0.228 e. The molecular weight excluding hydrogens is 190 g/mol. The molecule has 0 atom stereocenters. The molecule has 0 aliphatic rings. The lowest BCUT2D eigenvalue weighted by Gasteiger charge is -2.01. The Balaban J connectivity index is 2.42. The predicted octanol–water partition coefficient (Wildman–Crippen LogP) is 2.52. The van der Waals surface area contributed by atoms with Crippen LogP contribution in [0.2, 0.25) is 0 Å². The molecule has 0 aliphatic carbocycles. The molecule has 2 heterocycles. The van der Waals surface area contributed by atoms with E-state index in [0.29, 0.717) is 11.3 Å². The lowest BCUT2D eigenvalue weighted by Crippen LogP contribution is -2.01. The van der Waals surface area contributed by atoms with Crippen LogP contribution in [-0.2, 0) is 0 Å². The van der Waals surface area contributed by atoms with E-state index in [0.717, 1.165) is 11.4 Å². The van der Waals surface area contributed by atoms with Crippen molar-refractivity contribution in [2.45, 2.75) is 13.8 Å². The van der Waals surface area contributed by atoms with Gasteiger partial charge in [-0.3, -0.25) is 9.78 Å². The van der Waals surface area contributed by atoms with Gasteiger partial charge in [-0.1, -0.05) is 0 Å². The highest BCUT2D eigenvalue weighted by atomic mass is 16.3. The number of aryl methyl sites for hydroxylation is 2. The number of ketones is 1. The third kappa shape index (κ3) is 1.96. The molecule has 0 radical (unpaired) electrons. The summed E-state index contributed by atoms with van der Waals surface area (Å²) in [6, 6.07) is 6.89. The van der Waals surface area contributed by atoms with Crippen LogP contribution in [0.4, 0.5) is 0 Å². The second-order valence-electron chi connectivity index (χ2n) is 3.45. The monoisotopic (exact) mass is 201 g/mol. The normalized spacial score (nSPS) is 10.3. The maximum absolute atomic E-state index is 11.9. The fourth-order valence-corrected chi connectivity index (χ4v) is 1.52. The zero-order chi connectivity index (χ0) is 10.8. The molecule has 0 saturated heterocycles. The van der Waals surface area contributed by atoms with Gasteiger partial charge in [-0.15, -0.1) is 0 Å². The number of rotatable bonds is 2. The first-order chi connectivity index (χ1) is 7.16. The van der Waals surface area contributed by atoms with E-state index in [-0.39, 0.29) is 5.78 Å². The molecule has 0 amide bonds. The molecule has 0 spiro atoms. The molecule has 2 aromatic heterocycles. The lowest BCUT2D eigenvalue weighted by molar-refractivity contribution is 0.101. The van der Waals surface area contributed by atoms with E-state index in [9.17, 15) is 4.79 Å². The molecule has 15 heavy (non-hydrogen) atoms. The quantitative estimate of drug-likeness (QED) is 0.701. The number of hydrogen-bond donors (Lipinski definition) is 0. The summed E-state index contributed by atoms with van der Waals surface area (Å²) < 4.78 is 5.06. The van der Waals surface area contributed by atoms with E-state index < -0.39 is 0 Å². The molecule has 76 valence electrons. The van der Waals surface area contributed by atoms with Crippen molar-refractivity contribution in [1.29, 1.82) is 0 Å². The SMILES string of the molecule is Cc1cc(C(=O)c2ccco2)cc(C)n1. The number of pyridine rings is 1. The molecule has 3 heteroatoms. The molecular formula is C12H11NO2. The molecule has 0 bridgehead atoms. The lowest BCUT2D eigenvalue weighted by atomic mass is 10.1. The summed E-state index contributed by atoms with van der Waals surface area (Å²) in [6.07, 6.45) is 1.49. The standard InChI is InChI=1S/C12H11NO2/c1-8-6-10(7-9(2)13-8)12(14)11-4-3-5-15-11/h3-7H,1-2H3. The van der Waals surface area contributed by atoms with Gasteiger partial charge < -0.3 is 4.42 Å². The number of carbonyl (C=O) groups excluding carboxylic acids is 1. The summed E-state index contributed by atoms with van der Waals surface area (Å²) in [5.74, 6) is 0.258. The van der Waals surface area contributed by atoms with Gasteiger partial charge in [0.15, 0.2) is 5.76 Å². The maximum Gasteiger partial charge on any atom is 0.228 e. The van der Waals surface area contributed by atoms with E-state index >= 15 is 0 Å². The summed E-state index contributed by atoms with van der Waals surface area (Å²) >= 11 is 0. The van der Waals surface area contributed by atoms with Crippen molar-refractivity contribution in [3.63, 3.8) is 0 Å². The minimum absolute atomic E-state index is 0.103. The van der Waals surface area contributed by atoms with Gasteiger partial charge >= 0.3 is 0 Å². The van der Waals surface area contributed by atoms with Gasteiger partial charge in [-0.25, -0.2) is 0 Å². The summed E-state index contributed by atoms with van der Waals surface area (Å²) in [7, 11) is 0. The van der Waals surface area contributed by atoms with Crippen molar-refractivity contribution in [2.75, 3.05) is 0 Å². The Morgan fingerprint density at radius 2 is 1.93 bits per heavy atom. The summed E-state index contributed by atoms with van der Waals surface area (Å²) in [4.78, 5) is 16.1. The maximum atomic E-state index is 11.9. The third-order valence-corrected chi connectivity index (χ3v) is 2.09. The van der Waals surface area contributed by atoms with Gasteiger partial charge in [-0.2, -0.15) is 0 Å². The van der Waals surface area contributed by atoms with E-state index in [1.165, 1.54) is 6.26 Å². The van der Waals surface area contributed by atoms with Crippen molar-refractivity contribution >= 4 is 5.78 Å². The second-order valence-corrected chi connectivity index (χ2v) is 3.45. The van der Waals surface area contributed by atoms with Gasteiger partial charge in [0, 0.05) is 17.0 Å².